The third kappa shape index (κ3) is 6.42. The molecule has 3 N–H and O–H groups in total. The molecule has 0 atom stereocenters. The number of amides is 2. The molecule has 0 radical (unpaired) electrons. The van der Waals surface area contributed by atoms with E-state index in [9.17, 15) is 9.59 Å². The molecular formula is C37H37N5O2S. The van der Waals surface area contributed by atoms with Gasteiger partial charge in [0, 0.05) is 48.0 Å². The number of rotatable bonds is 8. The summed E-state index contributed by atoms with van der Waals surface area (Å²) in [6.45, 7) is 11.9. The van der Waals surface area contributed by atoms with Crippen molar-refractivity contribution in [1.29, 1.82) is 0 Å². The quantitative estimate of drug-likeness (QED) is 0.174. The minimum atomic E-state index is -0.244. The van der Waals surface area contributed by atoms with E-state index in [1.54, 1.807) is 0 Å². The standard InChI is InChI=1S/C37H37N5O2S/c1-5-36(43)39-32-22-28(16-17-33(32)42-18-9-6-10-19-42)38-31-20-27(23-41(4)25(31)3)29-13-11-14-30(24(29)2)40-37(44)35-21-26-12-7-8-15-34(26)45-35/h5,7-8,11-17,20-23,38H,1,3,6,9-10,18-19H2,2,4H3,(H,39,43)(H,40,44). The smallest absolute Gasteiger partial charge is 0.265 e. The largest absolute Gasteiger partial charge is 0.370 e. The Morgan fingerprint density at radius 3 is 2.51 bits per heavy atom. The van der Waals surface area contributed by atoms with Crippen LogP contribution in [0.25, 0.3) is 15.7 Å². The number of anilines is 4. The minimum absolute atomic E-state index is 0.121. The van der Waals surface area contributed by atoms with Crippen LogP contribution in [-0.4, -0.2) is 36.9 Å². The number of benzene rings is 3. The van der Waals surface area contributed by atoms with Gasteiger partial charge in [-0.3, -0.25) is 9.59 Å². The van der Waals surface area contributed by atoms with Gasteiger partial charge < -0.3 is 25.8 Å². The van der Waals surface area contributed by atoms with Gasteiger partial charge in [-0.25, -0.2) is 0 Å². The van der Waals surface area contributed by atoms with E-state index >= 15 is 0 Å². The van der Waals surface area contributed by atoms with Gasteiger partial charge in [0.1, 0.15) is 0 Å². The molecule has 8 heteroatoms. The Morgan fingerprint density at radius 2 is 1.73 bits per heavy atom. The number of thiophene rings is 1. The highest BCUT2D eigenvalue weighted by molar-refractivity contribution is 7.20. The van der Waals surface area contributed by atoms with E-state index in [0.717, 1.165) is 86.9 Å². The van der Waals surface area contributed by atoms with Gasteiger partial charge in [-0.05, 0) is 91.2 Å². The van der Waals surface area contributed by atoms with Crippen LogP contribution in [0, 0.1) is 6.92 Å². The second-order valence-corrected chi connectivity index (χ2v) is 12.5. The van der Waals surface area contributed by atoms with Crippen molar-refractivity contribution >= 4 is 61.6 Å². The fraction of sp³-hybridized carbons (Fsp3) is 0.189. The molecular weight excluding hydrogens is 579 g/mol. The molecule has 4 aromatic rings. The zero-order valence-corrected chi connectivity index (χ0v) is 26.5. The van der Waals surface area contributed by atoms with Crippen LogP contribution < -0.4 is 20.9 Å². The Balaban J connectivity index is 1.26. The molecule has 3 heterocycles. The van der Waals surface area contributed by atoms with E-state index in [2.05, 4.69) is 52.2 Å². The van der Waals surface area contributed by atoms with Crippen LogP contribution >= 0.6 is 11.3 Å². The molecule has 0 bridgehead atoms. The summed E-state index contributed by atoms with van der Waals surface area (Å²) in [4.78, 5) is 30.5. The molecule has 6 rings (SSSR count). The number of allylic oxidation sites excluding steroid dienone is 2. The monoisotopic (exact) mass is 615 g/mol. The summed E-state index contributed by atoms with van der Waals surface area (Å²) in [6.07, 6.45) is 8.91. The number of piperidine rings is 1. The minimum Gasteiger partial charge on any atom is -0.370 e. The van der Waals surface area contributed by atoms with Crippen LogP contribution in [0.3, 0.4) is 0 Å². The Bertz CT molecular complexity index is 1850. The third-order valence-corrected chi connectivity index (χ3v) is 9.44. The summed E-state index contributed by atoms with van der Waals surface area (Å²) in [5.74, 6) is -0.365. The maximum Gasteiger partial charge on any atom is 0.265 e. The van der Waals surface area contributed by atoms with Gasteiger partial charge in [0.2, 0.25) is 5.91 Å². The molecule has 0 unspecified atom stereocenters. The first-order valence-electron chi connectivity index (χ1n) is 15.2. The zero-order chi connectivity index (χ0) is 31.5. The van der Waals surface area contributed by atoms with Crippen LogP contribution in [0.5, 0.6) is 0 Å². The lowest BCUT2D eigenvalue weighted by atomic mass is 9.96. The molecule has 0 spiro atoms. The number of nitrogens with zero attached hydrogens (tertiary/aromatic N) is 2. The van der Waals surface area contributed by atoms with Gasteiger partial charge in [0.25, 0.3) is 5.91 Å². The van der Waals surface area contributed by atoms with E-state index in [-0.39, 0.29) is 11.8 Å². The number of carbonyl (C=O) groups excluding carboxylic acids is 2. The Hall–Kier alpha value is -5.08. The predicted octanol–water partition coefficient (Wildman–Crippen LogP) is 8.37. The molecule has 1 saturated heterocycles. The molecule has 1 fully saturated rings. The molecule has 1 aromatic heterocycles. The average Bonchev–Trinajstić information content (AvgIpc) is 3.49. The van der Waals surface area contributed by atoms with Crippen molar-refractivity contribution in [3.8, 4) is 0 Å². The number of hydrogen-bond donors (Lipinski definition) is 3. The Labute approximate surface area is 268 Å². The summed E-state index contributed by atoms with van der Waals surface area (Å²) in [7, 11) is 1.97. The van der Waals surface area contributed by atoms with E-state index < -0.39 is 0 Å². The maximum atomic E-state index is 13.2. The van der Waals surface area contributed by atoms with Crippen LogP contribution in [0.1, 0.15) is 40.1 Å². The summed E-state index contributed by atoms with van der Waals surface area (Å²) in [5, 5.41) is 10.7. The summed E-state index contributed by atoms with van der Waals surface area (Å²) < 4.78 is 1.09. The van der Waals surface area contributed by atoms with E-state index in [1.165, 1.54) is 23.8 Å². The normalized spacial score (nSPS) is 14.9. The number of hydrogen-bond acceptors (Lipinski definition) is 6. The summed E-state index contributed by atoms with van der Waals surface area (Å²) in [6, 6.07) is 22.0. The van der Waals surface area contributed by atoms with Gasteiger partial charge in [-0.1, -0.05) is 43.5 Å². The van der Waals surface area contributed by atoms with Crippen LogP contribution in [0.2, 0.25) is 0 Å². The summed E-state index contributed by atoms with van der Waals surface area (Å²) in [5.41, 5.74) is 7.94. The molecule has 0 aliphatic carbocycles. The van der Waals surface area contributed by atoms with Crippen molar-refractivity contribution in [3.63, 3.8) is 0 Å². The van der Waals surface area contributed by atoms with E-state index in [1.807, 2.05) is 79.7 Å². The van der Waals surface area contributed by atoms with Gasteiger partial charge in [-0.2, -0.15) is 0 Å². The van der Waals surface area contributed by atoms with Crippen LogP contribution in [-0.2, 0) is 4.79 Å². The number of carbonyl (C=O) groups is 2. The lowest BCUT2D eigenvalue weighted by molar-refractivity contribution is -0.111. The van der Waals surface area contributed by atoms with E-state index in [0.29, 0.717) is 4.88 Å². The van der Waals surface area contributed by atoms with Crippen molar-refractivity contribution in [1.82, 2.24) is 4.90 Å². The predicted molar refractivity (Wildman–Crippen MR) is 189 cm³/mol. The van der Waals surface area contributed by atoms with Gasteiger partial charge in [0.15, 0.2) is 0 Å². The lowest BCUT2D eigenvalue weighted by Gasteiger charge is -2.31. The Kier molecular flexibility index (Phi) is 8.58. The number of likely N-dealkylation sites (N-methyl/N-ethyl adjacent to an activating group) is 1. The third-order valence-electron chi connectivity index (χ3n) is 8.33. The highest BCUT2D eigenvalue weighted by Gasteiger charge is 2.20. The van der Waals surface area contributed by atoms with Gasteiger partial charge in [-0.15, -0.1) is 11.3 Å². The Morgan fingerprint density at radius 1 is 0.933 bits per heavy atom. The molecule has 7 nitrogen and oxygen atoms in total. The molecule has 0 saturated carbocycles. The maximum absolute atomic E-state index is 13.2. The highest BCUT2D eigenvalue weighted by atomic mass is 32.1. The molecule has 2 aliphatic heterocycles. The first-order valence-corrected chi connectivity index (χ1v) is 16.0. The molecule has 2 aliphatic rings. The molecule has 2 amide bonds. The van der Waals surface area contributed by atoms with E-state index in [4.69, 9.17) is 0 Å². The van der Waals surface area contributed by atoms with Crippen molar-refractivity contribution in [3.05, 3.63) is 126 Å². The molecule has 3 aromatic carbocycles. The fourth-order valence-electron chi connectivity index (χ4n) is 5.83. The van der Waals surface area contributed by atoms with Crippen molar-refractivity contribution in [2.75, 3.05) is 41.0 Å². The second kappa shape index (κ2) is 12.9. The van der Waals surface area contributed by atoms with Crippen LogP contribution in [0.15, 0.2) is 110 Å². The number of nitrogens with one attached hydrogen (secondary N) is 3. The lowest BCUT2D eigenvalue weighted by Crippen LogP contribution is -2.30. The topological polar surface area (TPSA) is 76.7 Å². The van der Waals surface area contributed by atoms with Crippen molar-refractivity contribution in [2.24, 2.45) is 0 Å². The van der Waals surface area contributed by atoms with Crippen molar-refractivity contribution in [2.45, 2.75) is 26.2 Å². The first kappa shape index (κ1) is 30.0. The molecule has 45 heavy (non-hydrogen) atoms. The SMILES string of the molecule is C=CC(=O)Nc1cc(NC2=CC(c3cccc(NC(=O)c4cc5ccccc5s4)c3C)=CN(C)C2=C)ccc1N1CCCCC1. The van der Waals surface area contributed by atoms with Gasteiger partial charge >= 0.3 is 0 Å². The first-order chi connectivity index (χ1) is 21.8. The van der Waals surface area contributed by atoms with Crippen LogP contribution in [0.4, 0.5) is 22.7 Å². The fourth-order valence-corrected chi connectivity index (χ4v) is 6.79. The van der Waals surface area contributed by atoms with Crippen molar-refractivity contribution < 1.29 is 9.59 Å². The summed E-state index contributed by atoms with van der Waals surface area (Å²) >= 11 is 1.49. The highest BCUT2D eigenvalue weighted by Crippen LogP contribution is 2.36. The average molecular weight is 616 g/mol. The zero-order valence-electron chi connectivity index (χ0n) is 25.7. The molecule has 228 valence electrons. The van der Waals surface area contributed by atoms with Gasteiger partial charge in [0.05, 0.1) is 27.6 Å². The second-order valence-electron chi connectivity index (χ2n) is 11.4. The number of fused-ring (bicyclic) bond motifs is 1.